The molecule has 5 heteroatoms. The van der Waals surface area contributed by atoms with Crippen LogP contribution in [-0.2, 0) is 31.3 Å². The van der Waals surface area contributed by atoms with Crippen molar-refractivity contribution < 1.29 is 34.4 Å². The van der Waals surface area contributed by atoms with Crippen molar-refractivity contribution in [1.29, 1.82) is 0 Å². The number of furan rings is 1. The van der Waals surface area contributed by atoms with Gasteiger partial charge in [-0.3, -0.25) is 9.78 Å². The van der Waals surface area contributed by atoms with Gasteiger partial charge in [-0.1, -0.05) is 129 Å². The SMILES string of the molecule is CC(C)Cc1cccc2c1oc1c(-c3[c-]c4ccc5ccccc5c4c(C(C)C)c3)nccc12.CCC(C)(CC)C(=O)/C=C(\O)C(C)(CC)CC.[Ir]. The number of fused-ring (bicyclic) bond motifs is 6. The van der Waals surface area contributed by atoms with Crippen molar-refractivity contribution in [3.05, 3.63) is 102 Å². The number of nitrogens with zero attached hydrogens (tertiary/aromatic N) is 1. The molecule has 1 N–H and O–H groups in total. The number of aromatic nitrogens is 1. The molecule has 0 bridgehead atoms. The maximum atomic E-state index is 12.2. The van der Waals surface area contributed by atoms with Crippen LogP contribution in [0.5, 0.6) is 0 Å². The Bertz CT molecular complexity index is 2200. The molecular formula is C47H56IrNO3-. The Hall–Kier alpha value is -3.79. The Labute approximate surface area is 324 Å². The van der Waals surface area contributed by atoms with E-state index < -0.39 is 0 Å². The van der Waals surface area contributed by atoms with Gasteiger partial charge in [-0.05, 0) is 66.3 Å². The second-order valence-corrected chi connectivity index (χ2v) is 15.5. The molecule has 2 aromatic heterocycles. The van der Waals surface area contributed by atoms with Crippen molar-refractivity contribution in [1.82, 2.24) is 4.98 Å². The Kier molecular flexibility index (Phi) is 13.3. The molecule has 6 aromatic rings. The summed E-state index contributed by atoms with van der Waals surface area (Å²) in [5, 5.41) is 17.3. The molecule has 0 spiro atoms. The van der Waals surface area contributed by atoms with E-state index in [0.29, 0.717) is 11.8 Å². The van der Waals surface area contributed by atoms with E-state index in [9.17, 15) is 9.90 Å². The summed E-state index contributed by atoms with van der Waals surface area (Å²) in [5.41, 5.74) is 5.65. The molecule has 0 unspecified atom stereocenters. The molecule has 0 aliphatic rings. The molecule has 0 aliphatic carbocycles. The van der Waals surface area contributed by atoms with Gasteiger partial charge in [0.2, 0.25) is 0 Å². The number of carbonyl (C=O) groups excluding carboxylic acids is 1. The van der Waals surface area contributed by atoms with Gasteiger partial charge < -0.3 is 9.52 Å². The van der Waals surface area contributed by atoms with Crippen molar-refractivity contribution >= 4 is 49.3 Å². The molecule has 2 heterocycles. The van der Waals surface area contributed by atoms with Crippen LogP contribution in [-0.4, -0.2) is 15.9 Å². The van der Waals surface area contributed by atoms with Crippen LogP contribution in [0.4, 0.5) is 0 Å². The Morgan fingerprint density at radius 3 is 2.10 bits per heavy atom. The molecule has 0 saturated carbocycles. The van der Waals surface area contributed by atoms with Crippen LogP contribution in [0.1, 0.15) is 112 Å². The normalized spacial score (nSPS) is 12.5. The van der Waals surface area contributed by atoms with E-state index in [4.69, 9.17) is 9.40 Å². The maximum absolute atomic E-state index is 12.2. The predicted octanol–water partition coefficient (Wildman–Crippen LogP) is 13.7. The third kappa shape index (κ3) is 8.07. The number of allylic oxidation sites excluding steroid dienone is 2. The number of pyridine rings is 1. The number of benzene rings is 4. The zero-order valence-corrected chi connectivity index (χ0v) is 35.1. The topological polar surface area (TPSA) is 63.3 Å². The van der Waals surface area contributed by atoms with Gasteiger partial charge in [0.1, 0.15) is 16.9 Å². The zero-order valence-electron chi connectivity index (χ0n) is 32.7. The second-order valence-electron chi connectivity index (χ2n) is 15.5. The van der Waals surface area contributed by atoms with Crippen LogP contribution >= 0.6 is 0 Å². The first-order chi connectivity index (χ1) is 24.3. The molecule has 277 valence electrons. The number of para-hydroxylation sites is 1. The van der Waals surface area contributed by atoms with E-state index in [0.717, 1.165) is 70.7 Å². The number of ketones is 1. The number of rotatable bonds is 11. The quantitative estimate of drug-likeness (QED) is 0.0610. The van der Waals surface area contributed by atoms with E-state index in [1.807, 2.05) is 47.7 Å². The summed E-state index contributed by atoms with van der Waals surface area (Å²) in [4.78, 5) is 17.0. The van der Waals surface area contributed by atoms with Gasteiger partial charge in [-0.2, -0.15) is 0 Å². The summed E-state index contributed by atoms with van der Waals surface area (Å²) in [6, 6.07) is 27.5. The van der Waals surface area contributed by atoms with Gasteiger partial charge in [0, 0.05) is 59.7 Å². The average molecular weight is 875 g/mol. The average Bonchev–Trinajstić information content (AvgIpc) is 3.53. The fourth-order valence-electron chi connectivity index (χ4n) is 6.94. The first-order valence-corrected chi connectivity index (χ1v) is 18.9. The number of aliphatic hydroxyl groups excluding tert-OH is 1. The van der Waals surface area contributed by atoms with E-state index in [1.54, 1.807) is 0 Å². The van der Waals surface area contributed by atoms with E-state index in [2.05, 4.69) is 100 Å². The van der Waals surface area contributed by atoms with Crippen LogP contribution in [0.15, 0.2) is 89.2 Å². The molecule has 0 saturated heterocycles. The van der Waals surface area contributed by atoms with Crippen LogP contribution in [0.2, 0.25) is 0 Å². The number of carbonyl (C=O) groups is 1. The third-order valence-corrected chi connectivity index (χ3v) is 11.4. The standard InChI is InChI=1S/C32H28NO.C15H28O2.Ir/c1-19(2)16-23-9-7-11-26-27-14-15-33-30(32(27)34-31(23)26)24-17-22-13-12-21-8-5-6-10-25(21)29(22)28(18-24)20(3)4;1-7-14(5,8-2)12(16)11-13(17)15(6,9-3)10-4;/h5-15,18-20H,16H2,1-4H3;11,16H,7-10H2,1-6H3;/q-1;;/b;12-11-;. The minimum atomic E-state index is -0.337. The Morgan fingerprint density at radius 1 is 0.827 bits per heavy atom. The van der Waals surface area contributed by atoms with E-state index in [-0.39, 0.29) is 42.5 Å². The summed E-state index contributed by atoms with van der Waals surface area (Å²) in [6.45, 7) is 21.1. The minimum Gasteiger partial charge on any atom is -0.512 e. The van der Waals surface area contributed by atoms with Crippen molar-refractivity contribution in [3.8, 4) is 11.3 Å². The van der Waals surface area contributed by atoms with Gasteiger partial charge in [0.05, 0.1) is 0 Å². The second kappa shape index (κ2) is 16.9. The fourth-order valence-corrected chi connectivity index (χ4v) is 6.94. The first kappa shape index (κ1) is 41.0. The molecule has 0 atom stereocenters. The van der Waals surface area contributed by atoms with E-state index >= 15 is 0 Å². The van der Waals surface area contributed by atoms with Crippen LogP contribution in [0.25, 0.3) is 54.7 Å². The molecule has 0 fully saturated rings. The Balaban J connectivity index is 0.000000289. The summed E-state index contributed by atoms with van der Waals surface area (Å²) >= 11 is 0. The van der Waals surface area contributed by atoms with Crippen LogP contribution in [0, 0.1) is 22.8 Å². The molecule has 1 radical (unpaired) electrons. The van der Waals surface area contributed by atoms with Gasteiger partial charge in [-0.15, -0.1) is 29.1 Å². The van der Waals surface area contributed by atoms with Gasteiger partial charge >= 0.3 is 0 Å². The van der Waals surface area contributed by atoms with Crippen molar-refractivity contribution in [2.45, 2.75) is 107 Å². The largest absolute Gasteiger partial charge is 0.512 e. The Morgan fingerprint density at radius 2 is 1.46 bits per heavy atom. The maximum Gasteiger partial charge on any atom is 0.164 e. The first-order valence-electron chi connectivity index (χ1n) is 18.9. The fraction of sp³-hybridized carbons (Fsp3) is 0.404. The van der Waals surface area contributed by atoms with Crippen LogP contribution in [0.3, 0.4) is 0 Å². The van der Waals surface area contributed by atoms with Gasteiger partial charge in [0.25, 0.3) is 0 Å². The molecule has 0 aliphatic heterocycles. The number of hydrogen-bond donors (Lipinski definition) is 1. The minimum absolute atomic E-state index is 0. The molecule has 4 nitrogen and oxygen atoms in total. The molecule has 6 rings (SSSR count). The number of hydrogen-bond acceptors (Lipinski definition) is 4. The molecular weight excluding hydrogens is 819 g/mol. The monoisotopic (exact) mass is 875 g/mol. The molecule has 52 heavy (non-hydrogen) atoms. The van der Waals surface area contributed by atoms with Crippen molar-refractivity contribution in [2.24, 2.45) is 16.7 Å². The summed E-state index contributed by atoms with van der Waals surface area (Å²) < 4.78 is 6.57. The van der Waals surface area contributed by atoms with Crippen molar-refractivity contribution in [2.75, 3.05) is 0 Å². The summed E-state index contributed by atoms with van der Waals surface area (Å²) in [7, 11) is 0. The van der Waals surface area contributed by atoms with Gasteiger partial charge in [-0.25, -0.2) is 0 Å². The molecule has 0 amide bonds. The number of aliphatic hydroxyl groups is 1. The van der Waals surface area contributed by atoms with E-state index in [1.165, 1.54) is 33.4 Å². The molecule has 4 aromatic carbocycles. The predicted molar refractivity (Wildman–Crippen MR) is 217 cm³/mol. The van der Waals surface area contributed by atoms with Crippen molar-refractivity contribution in [3.63, 3.8) is 0 Å². The van der Waals surface area contributed by atoms with Gasteiger partial charge in [0.15, 0.2) is 5.78 Å². The van der Waals surface area contributed by atoms with Crippen LogP contribution < -0.4 is 0 Å². The summed E-state index contributed by atoms with van der Waals surface area (Å²) in [5.74, 6) is 1.22. The smallest absolute Gasteiger partial charge is 0.164 e. The summed E-state index contributed by atoms with van der Waals surface area (Å²) in [6.07, 6.45) is 7.64. The zero-order chi connectivity index (χ0) is 37.1. The third-order valence-electron chi connectivity index (χ3n) is 11.4.